The number of hydrogen-bond acceptors (Lipinski definition) is 5. The number of hydroxylamine groups is 1. The fraction of sp³-hybridized carbons (Fsp3) is 0.208. The Balaban J connectivity index is 1.94. The van der Waals surface area contributed by atoms with Gasteiger partial charge in [0.05, 0.1) is 35.4 Å². The molecule has 0 spiro atoms. The molecular weight excluding hydrogens is 465 g/mol. The van der Waals surface area contributed by atoms with Gasteiger partial charge in [-0.05, 0) is 34.5 Å². The van der Waals surface area contributed by atoms with Crippen LogP contribution in [0.5, 0.6) is 5.75 Å². The number of methoxy groups -OCH3 is 1. The van der Waals surface area contributed by atoms with Crippen molar-refractivity contribution in [2.24, 2.45) is 0 Å². The molecule has 0 aliphatic carbocycles. The molecule has 0 heterocycles. The second-order valence-electron chi connectivity index (χ2n) is 7.18. The van der Waals surface area contributed by atoms with E-state index >= 15 is 0 Å². The molecule has 1 atom stereocenters. The maximum Gasteiger partial charge on any atom is 0.255 e. The molecule has 33 heavy (non-hydrogen) atoms. The smallest absolute Gasteiger partial charge is 0.255 e. The van der Waals surface area contributed by atoms with Gasteiger partial charge in [-0.1, -0.05) is 53.5 Å². The Morgan fingerprint density at radius 1 is 1.09 bits per heavy atom. The van der Waals surface area contributed by atoms with Gasteiger partial charge in [0.15, 0.2) is 0 Å². The van der Waals surface area contributed by atoms with Gasteiger partial charge < -0.3 is 10.1 Å². The molecule has 0 unspecified atom stereocenters. The quantitative estimate of drug-likeness (QED) is 0.453. The Morgan fingerprint density at radius 2 is 1.85 bits per heavy atom. The molecule has 0 aliphatic heterocycles. The van der Waals surface area contributed by atoms with Gasteiger partial charge in [0.25, 0.3) is 5.91 Å². The second-order valence-corrected chi connectivity index (χ2v) is 7.99. The van der Waals surface area contributed by atoms with Gasteiger partial charge in [0.1, 0.15) is 11.8 Å². The summed E-state index contributed by atoms with van der Waals surface area (Å²) >= 11 is 12.2. The zero-order valence-electron chi connectivity index (χ0n) is 17.9. The summed E-state index contributed by atoms with van der Waals surface area (Å²) in [6.45, 7) is 0.113. The minimum atomic E-state index is -0.433. The summed E-state index contributed by atoms with van der Waals surface area (Å²) in [6.07, 6.45) is 0.0300. The molecular formula is C24H21Cl2N3O4. The van der Waals surface area contributed by atoms with Crippen molar-refractivity contribution in [3.8, 4) is 11.8 Å². The van der Waals surface area contributed by atoms with Crippen molar-refractivity contribution in [2.45, 2.75) is 12.3 Å². The topological polar surface area (TPSA) is 100 Å². The molecule has 0 saturated carbocycles. The fourth-order valence-electron chi connectivity index (χ4n) is 3.61. The number of nitriles is 1. The number of carbonyl (C=O) groups is 2. The third kappa shape index (κ3) is 5.55. The highest BCUT2D eigenvalue weighted by atomic mass is 35.5. The average molecular weight is 486 g/mol. The lowest BCUT2D eigenvalue weighted by molar-refractivity contribution is -0.131. The van der Waals surface area contributed by atoms with Crippen LogP contribution in [0.15, 0.2) is 48.5 Å². The number of halogens is 2. The van der Waals surface area contributed by atoms with E-state index in [1.54, 1.807) is 36.4 Å². The van der Waals surface area contributed by atoms with Gasteiger partial charge in [-0.3, -0.25) is 14.4 Å². The van der Waals surface area contributed by atoms with Crippen LogP contribution in [0.2, 0.25) is 10.0 Å². The summed E-state index contributed by atoms with van der Waals surface area (Å²) < 4.78 is 5.42. The highest BCUT2D eigenvalue weighted by Crippen LogP contribution is 2.32. The van der Waals surface area contributed by atoms with Crippen LogP contribution < -0.4 is 15.5 Å². The normalized spacial score (nSPS) is 11.5. The first-order chi connectivity index (χ1) is 15.9. The lowest BCUT2D eigenvalue weighted by Gasteiger charge is -2.19. The van der Waals surface area contributed by atoms with Crippen molar-refractivity contribution < 1.29 is 19.2 Å². The number of benzene rings is 3. The van der Waals surface area contributed by atoms with E-state index in [2.05, 4.69) is 16.9 Å². The second kappa shape index (κ2) is 11.0. The standard InChI is InChI=1S/C24H21Cl2N3O4/c1-32-23-16(12-27)9-15-5-3-4-6-18(15)22(23)24(31)28-13-17(11-21(30)29-33-2)14-7-8-19(25)20(26)10-14/h3-10,17H,11,13H2,1-2H3,(H,28,31)(H,29,30)/t17-/m1/s1. The molecule has 7 nitrogen and oxygen atoms in total. The van der Waals surface area contributed by atoms with Gasteiger partial charge in [-0.25, -0.2) is 5.48 Å². The Kier molecular flexibility index (Phi) is 8.12. The number of nitrogens with one attached hydrogen (secondary N) is 2. The van der Waals surface area contributed by atoms with Crippen LogP contribution in [-0.4, -0.2) is 32.6 Å². The van der Waals surface area contributed by atoms with Crippen molar-refractivity contribution in [3.05, 3.63) is 75.3 Å². The summed E-state index contributed by atoms with van der Waals surface area (Å²) in [7, 11) is 2.75. The van der Waals surface area contributed by atoms with E-state index in [0.29, 0.717) is 15.4 Å². The van der Waals surface area contributed by atoms with E-state index in [1.165, 1.54) is 14.2 Å². The Morgan fingerprint density at radius 3 is 2.52 bits per heavy atom. The van der Waals surface area contributed by atoms with E-state index in [4.69, 9.17) is 32.8 Å². The highest BCUT2D eigenvalue weighted by molar-refractivity contribution is 6.42. The molecule has 3 aromatic rings. The van der Waals surface area contributed by atoms with Crippen molar-refractivity contribution in [2.75, 3.05) is 20.8 Å². The van der Waals surface area contributed by atoms with E-state index in [-0.39, 0.29) is 35.7 Å². The third-order valence-electron chi connectivity index (χ3n) is 5.13. The molecule has 2 N–H and O–H groups in total. The Bertz CT molecular complexity index is 1240. The van der Waals surface area contributed by atoms with Crippen LogP contribution in [0.4, 0.5) is 0 Å². The van der Waals surface area contributed by atoms with Crippen LogP contribution in [0.25, 0.3) is 10.8 Å². The summed E-state index contributed by atoms with van der Waals surface area (Å²) in [5.74, 6) is -1.03. The lowest BCUT2D eigenvalue weighted by atomic mass is 9.94. The van der Waals surface area contributed by atoms with E-state index < -0.39 is 11.8 Å². The number of nitrogens with zero attached hydrogens (tertiary/aromatic N) is 1. The van der Waals surface area contributed by atoms with Crippen LogP contribution in [0, 0.1) is 11.3 Å². The number of ether oxygens (including phenoxy) is 1. The predicted octanol–water partition coefficient (Wildman–Crippen LogP) is 4.61. The predicted molar refractivity (Wildman–Crippen MR) is 127 cm³/mol. The van der Waals surface area contributed by atoms with E-state index in [1.807, 2.05) is 12.1 Å². The van der Waals surface area contributed by atoms with Crippen LogP contribution in [0.3, 0.4) is 0 Å². The molecule has 2 amide bonds. The molecule has 0 aliphatic rings. The first-order valence-electron chi connectivity index (χ1n) is 9.94. The maximum atomic E-state index is 13.3. The van der Waals surface area contributed by atoms with Crippen LogP contribution in [-0.2, 0) is 9.63 Å². The summed E-state index contributed by atoms with van der Waals surface area (Å²) in [5.41, 5.74) is 3.51. The fourth-order valence-corrected chi connectivity index (χ4v) is 3.91. The van der Waals surface area contributed by atoms with Gasteiger partial charge in [0, 0.05) is 18.9 Å². The SMILES string of the molecule is CONC(=O)C[C@H](CNC(=O)c1c(OC)c(C#N)cc2ccccc12)c1ccc(Cl)c(Cl)c1. The first kappa shape index (κ1) is 24.3. The van der Waals surface area contributed by atoms with Crippen molar-refractivity contribution >= 4 is 45.8 Å². The molecule has 3 rings (SSSR count). The van der Waals surface area contributed by atoms with Crippen LogP contribution in [0.1, 0.15) is 33.8 Å². The summed E-state index contributed by atoms with van der Waals surface area (Å²) in [5, 5.41) is 14.5. The average Bonchev–Trinajstić information content (AvgIpc) is 2.82. The van der Waals surface area contributed by atoms with Crippen molar-refractivity contribution in [1.29, 1.82) is 5.26 Å². The van der Waals surface area contributed by atoms with E-state index in [0.717, 1.165) is 10.9 Å². The molecule has 0 saturated heterocycles. The molecule has 0 bridgehead atoms. The van der Waals surface area contributed by atoms with E-state index in [9.17, 15) is 14.9 Å². The minimum Gasteiger partial charge on any atom is -0.495 e. The molecule has 0 fully saturated rings. The zero-order chi connectivity index (χ0) is 24.0. The first-order valence-corrected chi connectivity index (χ1v) is 10.7. The number of carbonyl (C=O) groups excluding carboxylic acids is 2. The lowest BCUT2D eigenvalue weighted by Crippen LogP contribution is -2.32. The largest absolute Gasteiger partial charge is 0.495 e. The molecule has 3 aromatic carbocycles. The maximum absolute atomic E-state index is 13.3. The Hall–Kier alpha value is -3.31. The summed E-state index contributed by atoms with van der Waals surface area (Å²) in [4.78, 5) is 30.2. The highest BCUT2D eigenvalue weighted by Gasteiger charge is 2.23. The van der Waals surface area contributed by atoms with Gasteiger partial charge >= 0.3 is 0 Å². The number of fused-ring (bicyclic) bond motifs is 1. The van der Waals surface area contributed by atoms with Crippen LogP contribution >= 0.6 is 23.2 Å². The third-order valence-corrected chi connectivity index (χ3v) is 5.86. The van der Waals surface area contributed by atoms with Crippen molar-refractivity contribution in [3.63, 3.8) is 0 Å². The zero-order valence-corrected chi connectivity index (χ0v) is 19.5. The van der Waals surface area contributed by atoms with Crippen molar-refractivity contribution in [1.82, 2.24) is 10.8 Å². The molecule has 170 valence electrons. The summed E-state index contributed by atoms with van der Waals surface area (Å²) in [6, 6.07) is 16.0. The minimum absolute atomic E-state index is 0.0300. The molecule has 9 heteroatoms. The number of amides is 2. The monoisotopic (exact) mass is 485 g/mol. The van der Waals surface area contributed by atoms with Gasteiger partial charge in [0.2, 0.25) is 5.91 Å². The van der Waals surface area contributed by atoms with Gasteiger partial charge in [-0.2, -0.15) is 5.26 Å². The van der Waals surface area contributed by atoms with Gasteiger partial charge in [-0.15, -0.1) is 0 Å². The number of hydrogen-bond donors (Lipinski definition) is 2. The molecule has 0 aromatic heterocycles. The Labute approximate surface area is 201 Å². The number of rotatable bonds is 8. The molecule has 0 radical (unpaired) electrons.